The van der Waals surface area contributed by atoms with Crippen molar-refractivity contribution < 1.29 is 9.63 Å². The molecule has 2 rings (SSSR count). The van der Waals surface area contributed by atoms with Gasteiger partial charge in [-0.25, -0.2) is 0 Å². The fourth-order valence-corrected chi connectivity index (χ4v) is 1.63. The van der Waals surface area contributed by atoms with Crippen LogP contribution in [-0.4, -0.2) is 15.2 Å². The van der Waals surface area contributed by atoms with Gasteiger partial charge in [0.25, 0.3) is 0 Å². The Morgan fingerprint density at radius 2 is 2.00 bits per heavy atom. The predicted molar refractivity (Wildman–Crippen MR) is 63.5 cm³/mol. The normalized spacial score (nSPS) is 14.5. The summed E-state index contributed by atoms with van der Waals surface area (Å²) in [5.74, 6) is 0.950. The smallest absolute Gasteiger partial charge is 0.234 e. The summed E-state index contributed by atoms with van der Waals surface area (Å²) in [5.41, 5.74) is 1.12. The van der Waals surface area contributed by atoms with E-state index < -0.39 is 6.10 Å². The average molecular weight is 232 g/mol. The van der Waals surface area contributed by atoms with E-state index in [1.807, 2.05) is 44.2 Å². The van der Waals surface area contributed by atoms with Crippen molar-refractivity contribution in [3.63, 3.8) is 0 Å². The molecule has 0 aliphatic heterocycles. The standard InChI is InChI=1S/C13H16N2O2/c1-3-11(16)12-14-13(17-15-12)9(2)10-7-5-4-6-8-10/h4-9,11,16H,3H2,1-2H3. The second-order valence-electron chi connectivity index (χ2n) is 4.05. The maximum Gasteiger partial charge on any atom is 0.234 e. The van der Waals surface area contributed by atoms with Gasteiger partial charge in [-0.05, 0) is 18.9 Å². The molecule has 2 atom stereocenters. The third kappa shape index (κ3) is 2.53. The minimum atomic E-state index is -0.643. The quantitative estimate of drug-likeness (QED) is 0.880. The molecule has 4 nitrogen and oxygen atoms in total. The van der Waals surface area contributed by atoms with Crippen molar-refractivity contribution in [2.75, 3.05) is 0 Å². The Kier molecular flexibility index (Phi) is 3.54. The lowest BCUT2D eigenvalue weighted by Gasteiger charge is -2.05. The highest BCUT2D eigenvalue weighted by Crippen LogP contribution is 2.23. The Hall–Kier alpha value is -1.68. The van der Waals surface area contributed by atoms with Crippen molar-refractivity contribution in [3.05, 3.63) is 47.6 Å². The number of aliphatic hydroxyl groups is 1. The Labute approximate surface area is 100 Å². The van der Waals surface area contributed by atoms with Crippen molar-refractivity contribution in [1.29, 1.82) is 0 Å². The summed E-state index contributed by atoms with van der Waals surface area (Å²) >= 11 is 0. The SMILES string of the molecule is CCC(O)c1noc(C(C)c2ccccc2)n1. The molecule has 0 radical (unpaired) electrons. The van der Waals surface area contributed by atoms with Crippen LogP contribution in [0.3, 0.4) is 0 Å². The van der Waals surface area contributed by atoms with Crippen LogP contribution in [0, 0.1) is 0 Å². The molecular formula is C13H16N2O2. The topological polar surface area (TPSA) is 59.2 Å². The van der Waals surface area contributed by atoms with Gasteiger partial charge in [0.15, 0.2) is 5.82 Å². The average Bonchev–Trinajstić information content (AvgIpc) is 2.87. The number of hydrogen-bond donors (Lipinski definition) is 1. The highest BCUT2D eigenvalue weighted by atomic mass is 16.5. The summed E-state index contributed by atoms with van der Waals surface area (Å²) in [7, 11) is 0. The Balaban J connectivity index is 2.20. The largest absolute Gasteiger partial charge is 0.385 e. The molecule has 17 heavy (non-hydrogen) atoms. The molecule has 0 spiro atoms. The summed E-state index contributed by atoms with van der Waals surface area (Å²) in [6.45, 7) is 3.88. The highest BCUT2D eigenvalue weighted by molar-refractivity contribution is 5.23. The fraction of sp³-hybridized carbons (Fsp3) is 0.385. The van der Waals surface area contributed by atoms with Gasteiger partial charge in [-0.2, -0.15) is 4.98 Å². The number of nitrogens with zero attached hydrogens (tertiary/aromatic N) is 2. The maximum absolute atomic E-state index is 9.61. The molecule has 90 valence electrons. The molecule has 0 saturated heterocycles. The third-order valence-electron chi connectivity index (χ3n) is 2.81. The molecule has 1 heterocycles. The van der Waals surface area contributed by atoms with E-state index in [1.54, 1.807) is 0 Å². The molecule has 0 bridgehead atoms. The number of aromatic nitrogens is 2. The predicted octanol–water partition coefficient (Wildman–Crippen LogP) is 2.66. The van der Waals surface area contributed by atoms with Crippen LogP contribution >= 0.6 is 0 Å². The second-order valence-corrected chi connectivity index (χ2v) is 4.05. The van der Waals surface area contributed by atoms with Crippen LogP contribution in [0.4, 0.5) is 0 Å². The van der Waals surface area contributed by atoms with Gasteiger partial charge in [-0.3, -0.25) is 0 Å². The van der Waals surface area contributed by atoms with Gasteiger partial charge < -0.3 is 9.63 Å². The Bertz CT molecular complexity index is 467. The fourth-order valence-electron chi connectivity index (χ4n) is 1.63. The zero-order chi connectivity index (χ0) is 12.3. The minimum Gasteiger partial charge on any atom is -0.385 e. The highest BCUT2D eigenvalue weighted by Gasteiger charge is 2.18. The van der Waals surface area contributed by atoms with Crippen LogP contribution in [0.1, 0.15) is 49.6 Å². The van der Waals surface area contributed by atoms with Gasteiger partial charge in [-0.15, -0.1) is 0 Å². The lowest BCUT2D eigenvalue weighted by molar-refractivity contribution is 0.159. The van der Waals surface area contributed by atoms with Crippen molar-refractivity contribution in [2.45, 2.75) is 32.3 Å². The van der Waals surface area contributed by atoms with E-state index in [0.717, 1.165) is 5.56 Å². The summed E-state index contributed by atoms with van der Waals surface area (Å²) in [6.07, 6.45) is -0.0610. The van der Waals surface area contributed by atoms with E-state index in [1.165, 1.54) is 0 Å². The molecule has 2 aromatic rings. The number of hydrogen-bond acceptors (Lipinski definition) is 4. The van der Waals surface area contributed by atoms with Gasteiger partial charge >= 0.3 is 0 Å². The van der Waals surface area contributed by atoms with E-state index in [0.29, 0.717) is 18.1 Å². The van der Waals surface area contributed by atoms with Gasteiger partial charge in [0, 0.05) is 0 Å². The first kappa shape index (κ1) is 11.8. The number of rotatable bonds is 4. The molecule has 0 amide bonds. The van der Waals surface area contributed by atoms with Crippen molar-refractivity contribution in [3.8, 4) is 0 Å². The van der Waals surface area contributed by atoms with E-state index in [2.05, 4.69) is 10.1 Å². The van der Waals surface area contributed by atoms with Crippen LogP contribution in [0.25, 0.3) is 0 Å². The van der Waals surface area contributed by atoms with Gasteiger partial charge in [0.05, 0.1) is 5.92 Å². The molecule has 0 aliphatic carbocycles. The van der Waals surface area contributed by atoms with Crippen LogP contribution in [0.5, 0.6) is 0 Å². The minimum absolute atomic E-state index is 0.0431. The number of benzene rings is 1. The first-order chi connectivity index (χ1) is 8.22. The van der Waals surface area contributed by atoms with Gasteiger partial charge in [-0.1, -0.05) is 42.4 Å². The first-order valence-electron chi connectivity index (χ1n) is 5.79. The molecule has 4 heteroatoms. The summed E-state index contributed by atoms with van der Waals surface area (Å²) in [4.78, 5) is 4.23. The number of aliphatic hydroxyl groups excluding tert-OH is 1. The molecule has 1 aromatic carbocycles. The molecule has 1 aromatic heterocycles. The zero-order valence-corrected chi connectivity index (χ0v) is 10.00. The van der Waals surface area contributed by atoms with Gasteiger partial charge in [0.2, 0.25) is 5.89 Å². The Morgan fingerprint density at radius 1 is 1.29 bits per heavy atom. The zero-order valence-electron chi connectivity index (χ0n) is 10.00. The van der Waals surface area contributed by atoms with E-state index in [4.69, 9.17) is 4.52 Å². The Morgan fingerprint density at radius 3 is 2.65 bits per heavy atom. The summed E-state index contributed by atoms with van der Waals surface area (Å²) in [6, 6.07) is 9.96. The van der Waals surface area contributed by atoms with Crippen LogP contribution in [-0.2, 0) is 0 Å². The van der Waals surface area contributed by atoms with Crippen LogP contribution < -0.4 is 0 Å². The first-order valence-corrected chi connectivity index (χ1v) is 5.79. The molecule has 2 unspecified atom stereocenters. The molecule has 1 N–H and O–H groups in total. The lowest BCUT2D eigenvalue weighted by Crippen LogP contribution is -2.00. The van der Waals surface area contributed by atoms with Crippen LogP contribution in [0.15, 0.2) is 34.9 Å². The van der Waals surface area contributed by atoms with Crippen LogP contribution in [0.2, 0.25) is 0 Å². The van der Waals surface area contributed by atoms with Crippen molar-refractivity contribution >= 4 is 0 Å². The second kappa shape index (κ2) is 5.10. The summed E-state index contributed by atoms with van der Waals surface area (Å²) in [5, 5.41) is 13.4. The van der Waals surface area contributed by atoms with Crippen molar-refractivity contribution in [1.82, 2.24) is 10.1 Å². The molecule has 0 fully saturated rings. The van der Waals surface area contributed by atoms with Gasteiger partial charge in [0.1, 0.15) is 6.10 Å². The van der Waals surface area contributed by atoms with Crippen molar-refractivity contribution in [2.24, 2.45) is 0 Å². The van der Waals surface area contributed by atoms with E-state index in [-0.39, 0.29) is 5.92 Å². The molecule has 0 aliphatic rings. The lowest BCUT2D eigenvalue weighted by atomic mass is 10.0. The van der Waals surface area contributed by atoms with E-state index in [9.17, 15) is 5.11 Å². The monoisotopic (exact) mass is 232 g/mol. The molecular weight excluding hydrogens is 216 g/mol. The van der Waals surface area contributed by atoms with E-state index >= 15 is 0 Å². The molecule has 0 saturated carbocycles. The third-order valence-corrected chi connectivity index (χ3v) is 2.81. The summed E-state index contributed by atoms with van der Waals surface area (Å²) < 4.78 is 5.18. The maximum atomic E-state index is 9.61.